The monoisotopic (exact) mass is 263 g/mol. The molecule has 2 aromatic heterocycles. The van der Waals surface area contributed by atoms with Crippen LogP contribution in [0, 0.1) is 0 Å². The first-order valence-corrected chi connectivity index (χ1v) is 5.88. The molecule has 0 amide bonds. The number of carboxylic acids is 1. The zero-order valence-corrected chi connectivity index (χ0v) is 10.1. The number of aryl methyl sites for hydroxylation is 1. The van der Waals surface area contributed by atoms with Crippen LogP contribution < -0.4 is 5.43 Å². The topological polar surface area (TPSA) is 109 Å². The van der Waals surface area contributed by atoms with Crippen molar-refractivity contribution in [1.29, 1.82) is 0 Å². The van der Waals surface area contributed by atoms with Gasteiger partial charge >= 0.3 is 5.97 Å². The van der Waals surface area contributed by atoms with Gasteiger partial charge in [-0.1, -0.05) is 0 Å². The summed E-state index contributed by atoms with van der Waals surface area (Å²) in [5.41, 5.74) is 0.131. The van der Waals surface area contributed by atoms with Gasteiger partial charge in [0.05, 0.1) is 0 Å². The Kier molecular flexibility index (Phi) is 4.07. The number of carbonyl (C=O) groups is 1. The molecule has 0 aromatic carbocycles. The molecule has 19 heavy (non-hydrogen) atoms. The van der Waals surface area contributed by atoms with Crippen LogP contribution >= 0.6 is 0 Å². The van der Waals surface area contributed by atoms with Crippen LogP contribution in [0.15, 0.2) is 27.7 Å². The van der Waals surface area contributed by atoms with Crippen LogP contribution in [0.25, 0.3) is 11.5 Å². The number of nitrogens with one attached hydrogen (secondary N) is 1. The van der Waals surface area contributed by atoms with E-state index in [0.29, 0.717) is 30.7 Å². The molecular formula is C12H13N3O4. The van der Waals surface area contributed by atoms with Gasteiger partial charge in [-0.05, 0) is 12.8 Å². The smallest absolute Gasteiger partial charge is 0.303 e. The number of pyridine rings is 1. The summed E-state index contributed by atoms with van der Waals surface area (Å²) in [4.78, 5) is 24.7. The molecule has 0 aliphatic heterocycles. The van der Waals surface area contributed by atoms with Crippen LogP contribution in [-0.2, 0) is 11.2 Å². The van der Waals surface area contributed by atoms with Crippen molar-refractivity contribution < 1.29 is 14.3 Å². The van der Waals surface area contributed by atoms with Gasteiger partial charge in [0.15, 0.2) is 5.43 Å². The Morgan fingerprint density at radius 3 is 2.95 bits per heavy atom. The molecule has 2 aromatic rings. The van der Waals surface area contributed by atoms with Crippen molar-refractivity contribution in [2.24, 2.45) is 0 Å². The Balaban J connectivity index is 1.98. The minimum atomic E-state index is -0.818. The highest BCUT2D eigenvalue weighted by molar-refractivity contribution is 5.66. The molecule has 0 aliphatic rings. The van der Waals surface area contributed by atoms with E-state index in [1.54, 1.807) is 0 Å². The van der Waals surface area contributed by atoms with Gasteiger partial charge in [-0.2, -0.15) is 0 Å². The Morgan fingerprint density at radius 1 is 1.37 bits per heavy atom. The summed E-state index contributed by atoms with van der Waals surface area (Å²) in [5, 5.41) is 16.1. The van der Waals surface area contributed by atoms with Gasteiger partial charge in [0.1, 0.15) is 5.56 Å². The number of aromatic amines is 1. The van der Waals surface area contributed by atoms with E-state index in [1.807, 2.05) is 0 Å². The highest BCUT2D eigenvalue weighted by Crippen LogP contribution is 2.14. The largest absolute Gasteiger partial charge is 0.481 e. The normalized spacial score (nSPS) is 10.5. The molecule has 0 atom stereocenters. The summed E-state index contributed by atoms with van der Waals surface area (Å²) < 4.78 is 5.37. The highest BCUT2D eigenvalue weighted by atomic mass is 16.4. The Hall–Kier alpha value is -2.44. The second kappa shape index (κ2) is 5.94. The zero-order chi connectivity index (χ0) is 13.7. The minimum absolute atomic E-state index is 0.124. The Morgan fingerprint density at radius 2 is 2.21 bits per heavy atom. The fourth-order valence-electron chi connectivity index (χ4n) is 1.60. The second-order valence-electron chi connectivity index (χ2n) is 4.02. The first kappa shape index (κ1) is 13.0. The lowest BCUT2D eigenvalue weighted by Gasteiger charge is -1.94. The van der Waals surface area contributed by atoms with E-state index in [-0.39, 0.29) is 17.7 Å². The summed E-state index contributed by atoms with van der Waals surface area (Å²) >= 11 is 0. The molecule has 7 nitrogen and oxygen atoms in total. The van der Waals surface area contributed by atoms with Gasteiger partial charge in [-0.15, -0.1) is 10.2 Å². The summed E-state index contributed by atoms with van der Waals surface area (Å²) in [7, 11) is 0. The van der Waals surface area contributed by atoms with Crippen molar-refractivity contribution in [2.45, 2.75) is 25.7 Å². The predicted octanol–water partition coefficient (Wildman–Crippen LogP) is 1.22. The quantitative estimate of drug-likeness (QED) is 0.758. The zero-order valence-electron chi connectivity index (χ0n) is 10.1. The van der Waals surface area contributed by atoms with Gasteiger partial charge in [0.2, 0.25) is 5.89 Å². The lowest BCUT2D eigenvalue weighted by molar-refractivity contribution is -0.137. The summed E-state index contributed by atoms with van der Waals surface area (Å²) in [5.74, 6) is -0.235. The maximum Gasteiger partial charge on any atom is 0.303 e. The van der Waals surface area contributed by atoms with Crippen LogP contribution in [0.1, 0.15) is 25.2 Å². The first-order valence-electron chi connectivity index (χ1n) is 5.88. The maximum atomic E-state index is 11.6. The van der Waals surface area contributed by atoms with Gasteiger partial charge in [-0.3, -0.25) is 9.59 Å². The van der Waals surface area contributed by atoms with Gasteiger partial charge in [0, 0.05) is 31.3 Å². The number of aromatic nitrogens is 3. The molecule has 0 bridgehead atoms. The molecule has 0 saturated heterocycles. The van der Waals surface area contributed by atoms with E-state index < -0.39 is 5.97 Å². The van der Waals surface area contributed by atoms with Gasteiger partial charge in [-0.25, -0.2) is 0 Å². The third kappa shape index (κ3) is 3.51. The molecule has 7 heteroatoms. The average molecular weight is 263 g/mol. The van der Waals surface area contributed by atoms with Crippen LogP contribution in [-0.4, -0.2) is 26.3 Å². The van der Waals surface area contributed by atoms with E-state index >= 15 is 0 Å². The summed E-state index contributed by atoms with van der Waals surface area (Å²) in [6.45, 7) is 0. The summed E-state index contributed by atoms with van der Waals surface area (Å²) in [6, 6.07) is 1.38. The summed E-state index contributed by atoms with van der Waals surface area (Å²) in [6.07, 6.45) is 4.86. The van der Waals surface area contributed by atoms with Gasteiger partial charge in [0.25, 0.3) is 5.89 Å². The highest BCUT2D eigenvalue weighted by Gasteiger charge is 2.11. The molecular weight excluding hydrogens is 250 g/mol. The molecule has 2 rings (SSSR count). The number of carboxylic acid groups (broad SMARTS) is 1. The molecule has 0 fully saturated rings. The van der Waals surface area contributed by atoms with Gasteiger partial charge < -0.3 is 14.5 Å². The number of hydrogen-bond donors (Lipinski definition) is 2. The van der Waals surface area contributed by atoms with Crippen molar-refractivity contribution >= 4 is 5.97 Å². The fraction of sp³-hybridized carbons (Fsp3) is 0.333. The average Bonchev–Trinajstić information content (AvgIpc) is 2.83. The molecule has 2 N–H and O–H groups in total. The van der Waals surface area contributed by atoms with Crippen molar-refractivity contribution in [3.05, 3.63) is 34.6 Å². The molecule has 0 aliphatic carbocycles. The fourth-order valence-corrected chi connectivity index (χ4v) is 1.60. The van der Waals surface area contributed by atoms with Crippen molar-refractivity contribution in [2.75, 3.05) is 0 Å². The van der Waals surface area contributed by atoms with Crippen LogP contribution in [0.4, 0.5) is 0 Å². The molecule has 0 spiro atoms. The SMILES string of the molecule is O=C(O)CCCCc1nnc(-c2c[nH]ccc2=O)o1. The predicted molar refractivity (Wildman–Crippen MR) is 65.5 cm³/mol. The number of aliphatic carboxylic acids is 1. The van der Waals surface area contributed by atoms with E-state index in [1.165, 1.54) is 18.5 Å². The van der Waals surface area contributed by atoms with E-state index in [9.17, 15) is 9.59 Å². The standard InChI is InChI=1S/C12H13N3O4/c16-9-5-6-13-7-8(9)12-15-14-10(19-12)3-1-2-4-11(17)18/h5-7H,1-4H2,(H,13,16)(H,17,18). The molecule has 0 radical (unpaired) electrons. The number of nitrogens with zero attached hydrogens (tertiary/aromatic N) is 2. The molecule has 100 valence electrons. The van der Waals surface area contributed by atoms with Crippen LogP contribution in [0.5, 0.6) is 0 Å². The van der Waals surface area contributed by atoms with E-state index in [2.05, 4.69) is 15.2 Å². The Bertz CT molecular complexity index is 617. The molecule has 2 heterocycles. The number of rotatable bonds is 6. The third-order valence-corrected chi connectivity index (χ3v) is 2.55. The Labute approximate surface area is 108 Å². The van der Waals surface area contributed by atoms with Crippen LogP contribution in [0.3, 0.4) is 0 Å². The minimum Gasteiger partial charge on any atom is -0.481 e. The molecule has 0 saturated carbocycles. The number of unbranched alkanes of at least 4 members (excludes halogenated alkanes) is 1. The lowest BCUT2D eigenvalue weighted by Crippen LogP contribution is -2.02. The van der Waals surface area contributed by atoms with Crippen LogP contribution in [0.2, 0.25) is 0 Å². The second-order valence-corrected chi connectivity index (χ2v) is 4.02. The van der Waals surface area contributed by atoms with E-state index in [4.69, 9.17) is 9.52 Å². The molecule has 0 unspecified atom stereocenters. The number of H-pyrrole nitrogens is 1. The first-order chi connectivity index (χ1) is 9.16. The van der Waals surface area contributed by atoms with Crippen molar-refractivity contribution in [3.8, 4) is 11.5 Å². The van der Waals surface area contributed by atoms with Crippen molar-refractivity contribution in [3.63, 3.8) is 0 Å². The lowest BCUT2D eigenvalue weighted by atomic mass is 10.2. The number of hydrogen-bond acceptors (Lipinski definition) is 5. The third-order valence-electron chi connectivity index (χ3n) is 2.55. The van der Waals surface area contributed by atoms with E-state index in [0.717, 1.165) is 0 Å². The van der Waals surface area contributed by atoms with Crippen molar-refractivity contribution in [1.82, 2.24) is 15.2 Å². The maximum absolute atomic E-state index is 11.6.